The first-order chi connectivity index (χ1) is 14.6. The van der Waals surface area contributed by atoms with Crippen molar-refractivity contribution in [2.75, 3.05) is 20.6 Å². The van der Waals surface area contributed by atoms with Crippen LogP contribution < -0.4 is 5.73 Å². The van der Waals surface area contributed by atoms with Gasteiger partial charge in [-0.15, -0.1) is 0 Å². The van der Waals surface area contributed by atoms with E-state index >= 15 is 0 Å². The highest BCUT2D eigenvalue weighted by Crippen LogP contribution is 2.36. The maximum atomic E-state index is 11.5. The minimum atomic E-state index is -0.416. The van der Waals surface area contributed by atoms with E-state index in [0.717, 1.165) is 42.4 Å². The van der Waals surface area contributed by atoms with E-state index in [1.54, 1.807) is 6.07 Å². The number of hydrogen-bond acceptors (Lipinski definition) is 3. The zero-order valence-electron chi connectivity index (χ0n) is 18.6. The molecule has 1 aliphatic rings. The second-order valence-electron chi connectivity index (χ2n) is 9.16. The van der Waals surface area contributed by atoms with Crippen LogP contribution in [0.1, 0.15) is 41.0 Å². The maximum Gasteiger partial charge on any atom is 0.265 e. The van der Waals surface area contributed by atoms with Gasteiger partial charge in [0.2, 0.25) is 0 Å². The summed E-state index contributed by atoms with van der Waals surface area (Å²) in [4.78, 5) is 13.5. The Labute approximate surface area is 189 Å². The molecule has 0 bridgehead atoms. The maximum absolute atomic E-state index is 11.5. The first kappa shape index (κ1) is 22.9. The molecule has 0 unspecified atom stereocenters. The van der Waals surface area contributed by atoms with Gasteiger partial charge in [-0.1, -0.05) is 31.5 Å². The van der Waals surface area contributed by atoms with Crippen LogP contribution in [0.5, 0.6) is 0 Å². The second-order valence-corrected chi connectivity index (χ2v) is 9.60. The quantitative estimate of drug-likeness (QED) is 0.647. The Morgan fingerprint density at radius 3 is 2.52 bits per heavy atom. The number of nitriles is 1. The Morgan fingerprint density at radius 1 is 1.16 bits per heavy atom. The number of hydrogen-bond donors (Lipinski definition) is 1. The summed E-state index contributed by atoms with van der Waals surface area (Å²) < 4.78 is 1.94. The Balaban J connectivity index is 0.000000185. The van der Waals surface area contributed by atoms with E-state index in [2.05, 4.69) is 30.9 Å². The van der Waals surface area contributed by atoms with Crippen LogP contribution in [0.15, 0.2) is 42.5 Å². The number of rotatable bonds is 4. The summed E-state index contributed by atoms with van der Waals surface area (Å²) in [5.74, 6) is -0.416. The van der Waals surface area contributed by atoms with Crippen molar-refractivity contribution < 1.29 is 4.79 Å². The average Bonchev–Trinajstić information content (AvgIpc) is 3.21. The summed E-state index contributed by atoms with van der Waals surface area (Å²) in [5.41, 5.74) is 10.9. The fourth-order valence-electron chi connectivity index (χ4n) is 4.11. The molecule has 0 atom stereocenters. The molecule has 4 rings (SSSR count). The third-order valence-electron chi connectivity index (χ3n) is 5.56. The van der Waals surface area contributed by atoms with Gasteiger partial charge < -0.3 is 15.2 Å². The summed E-state index contributed by atoms with van der Waals surface area (Å²) in [6, 6.07) is 15.6. The standard InChI is InChI=1S/C13H16ClN3O.C12H13N/c1-16(2)5-6-17-11-4-3-10(14)7-9(11)8-12(17)13(15)18;1-12(2)6-10-4-3-9(8-13)5-11(10)7-12/h3-4,7-8H,5-6H2,1-2H3,(H2,15,18);3-5H,6-7H2,1-2H3. The molecule has 0 saturated carbocycles. The van der Waals surface area contributed by atoms with Crippen molar-refractivity contribution in [1.82, 2.24) is 9.47 Å². The van der Waals surface area contributed by atoms with Crippen molar-refractivity contribution >= 4 is 28.4 Å². The van der Waals surface area contributed by atoms with Gasteiger partial charge >= 0.3 is 0 Å². The van der Waals surface area contributed by atoms with E-state index in [1.807, 2.05) is 49.0 Å². The van der Waals surface area contributed by atoms with Crippen molar-refractivity contribution in [3.05, 3.63) is 69.9 Å². The minimum absolute atomic E-state index is 0.385. The molecule has 6 heteroatoms. The average molecular weight is 437 g/mol. The molecule has 2 N–H and O–H groups in total. The van der Waals surface area contributed by atoms with Gasteiger partial charge in [0.05, 0.1) is 11.6 Å². The van der Waals surface area contributed by atoms with Gasteiger partial charge in [0.15, 0.2) is 0 Å². The number of nitrogens with zero attached hydrogens (tertiary/aromatic N) is 3. The lowest BCUT2D eigenvalue weighted by Gasteiger charge is -2.14. The molecule has 2 aromatic carbocycles. The summed E-state index contributed by atoms with van der Waals surface area (Å²) >= 11 is 5.95. The molecule has 5 nitrogen and oxygen atoms in total. The monoisotopic (exact) mass is 436 g/mol. The first-order valence-electron chi connectivity index (χ1n) is 10.3. The zero-order chi connectivity index (χ0) is 22.8. The molecular weight excluding hydrogens is 408 g/mol. The summed E-state index contributed by atoms with van der Waals surface area (Å²) in [7, 11) is 3.99. The second kappa shape index (κ2) is 9.13. The summed E-state index contributed by atoms with van der Waals surface area (Å²) in [6.45, 7) is 6.11. The van der Waals surface area contributed by atoms with Gasteiger partial charge in [-0.25, -0.2) is 0 Å². The van der Waals surface area contributed by atoms with E-state index in [9.17, 15) is 4.79 Å². The molecule has 0 aliphatic heterocycles. The van der Waals surface area contributed by atoms with Crippen molar-refractivity contribution in [3.8, 4) is 6.07 Å². The molecule has 0 saturated heterocycles. The molecule has 1 heterocycles. The van der Waals surface area contributed by atoms with Crippen molar-refractivity contribution in [3.63, 3.8) is 0 Å². The highest BCUT2D eigenvalue weighted by atomic mass is 35.5. The minimum Gasteiger partial charge on any atom is -0.364 e. The fraction of sp³-hybridized carbons (Fsp3) is 0.360. The SMILES string of the molecule is CC1(C)Cc2ccc(C#N)cc2C1.CN(C)CCn1c(C(N)=O)cc2cc(Cl)ccc21. The Kier molecular flexibility index (Phi) is 6.74. The molecule has 0 radical (unpaired) electrons. The molecule has 1 aliphatic carbocycles. The van der Waals surface area contributed by atoms with Gasteiger partial charge in [0, 0.05) is 29.0 Å². The number of fused-ring (bicyclic) bond motifs is 2. The van der Waals surface area contributed by atoms with Crippen LogP contribution in [-0.2, 0) is 19.4 Å². The fourth-order valence-corrected chi connectivity index (χ4v) is 4.29. The van der Waals surface area contributed by atoms with Gasteiger partial charge in [-0.05, 0) is 79.9 Å². The lowest BCUT2D eigenvalue weighted by atomic mass is 9.90. The van der Waals surface area contributed by atoms with E-state index in [4.69, 9.17) is 22.6 Å². The summed E-state index contributed by atoms with van der Waals surface area (Å²) in [6.07, 6.45) is 2.26. The number of benzene rings is 2. The number of nitrogens with two attached hydrogens (primary N) is 1. The van der Waals surface area contributed by atoms with E-state index in [0.29, 0.717) is 16.1 Å². The molecule has 0 spiro atoms. The first-order valence-corrected chi connectivity index (χ1v) is 10.7. The molecule has 1 aromatic heterocycles. The molecular formula is C25H29ClN4O. The molecule has 162 valence electrons. The number of carbonyl (C=O) groups excluding carboxylic acids is 1. The highest BCUT2D eigenvalue weighted by Gasteiger charge is 2.28. The molecule has 0 fully saturated rings. The van der Waals surface area contributed by atoms with Crippen LogP contribution in [0.4, 0.5) is 0 Å². The Morgan fingerprint density at radius 2 is 1.87 bits per heavy atom. The topological polar surface area (TPSA) is 75.1 Å². The normalized spacial score (nSPS) is 14.1. The smallest absolute Gasteiger partial charge is 0.265 e. The number of carbonyl (C=O) groups is 1. The number of amides is 1. The van der Waals surface area contributed by atoms with E-state index in [-0.39, 0.29) is 0 Å². The lowest BCUT2D eigenvalue weighted by Crippen LogP contribution is -2.22. The number of halogens is 1. The van der Waals surface area contributed by atoms with Crippen molar-refractivity contribution in [2.24, 2.45) is 11.1 Å². The van der Waals surface area contributed by atoms with Crippen molar-refractivity contribution in [2.45, 2.75) is 33.2 Å². The van der Waals surface area contributed by atoms with Gasteiger partial charge in [-0.2, -0.15) is 5.26 Å². The summed E-state index contributed by atoms with van der Waals surface area (Å²) in [5, 5.41) is 10.3. The number of aromatic nitrogens is 1. The van der Waals surface area contributed by atoms with Crippen molar-refractivity contribution in [1.29, 1.82) is 5.26 Å². The predicted octanol–water partition coefficient (Wildman–Crippen LogP) is 4.64. The van der Waals surface area contributed by atoms with Crippen LogP contribution in [0.2, 0.25) is 5.02 Å². The lowest BCUT2D eigenvalue weighted by molar-refractivity contribution is 0.0991. The van der Waals surface area contributed by atoms with Gasteiger partial charge in [0.1, 0.15) is 5.69 Å². The van der Waals surface area contributed by atoms with Gasteiger partial charge in [-0.3, -0.25) is 4.79 Å². The third-order valence-corrected chi connectivity index (χ3v) is 5.80. The Bertz CT molecular complexity index is 1150. The number of likely N-dealkylation sites (N-methyl/N-ethyl adjacent to an activating group) is 1. The van der Waals surface area contributed by atoms with Crippen LogP contribution in [0.25, 0.3) is 10.9 Å². The largest absolute Gasteiger partial charge is 0.364 e. The predicted molar refractivity (Wildman–Crippen MR) is 126 cm³/mol. The zero-order valence-corrected chi connectivity index (χ0v) is 19.3. The molecule has 3 aromatic rings. The van der Waals surface area contributed by atoms with Crippen LogP contribution in [-0.4, -0.2) is 36.0 Å². The van der Waals surface area contributed by atoms with Crippen LogP contribution >= 0.6 is 11.6 Å². The van der Waals surface area contributed by atoms with Crippen LogP contribution in [0, 0.1) is 16.7 Å². The van der Waals surface area contributed by atoms with E-state index in [1.165, 1.54) is 11.1 Å². The number of primary amides is 1. The molecule has 31 heavy (non-hydrogen) atoms. The van der Waals surface area contributed by atoms with Crippen LogP contribution in [0.3, 0.4) is 0 Å². The third kappa shape index (κ3) is 5.46. The Hall–Kier alpha value is -2.81. The molecule has 1 amide bonds. The van der Waals surface area contributed by atoms with E-state index < -0.39 is 5.91 Å². The van der Waals surface area contributed by atoms with Gasteiger partial charge in [0.25, 0.3) is 5.91 Å². The highest BCUT2D eigenvalue weighted by molar-refractivity contribution is 6.31.